The van der Waals surface area contributed by atoms with E-state index in [1.165, 1.54) is 0 Å². The molecule has 2 aromatic heterocycles. The summed E-state index contributed by atoms with van der Waals surface area (Å²) in [4.78, 5) is 15.6. The molecule has 2 heterocycles. The predicted octanol–water partition coefficient (Wildman–Crippen LogP) is 4.15. The first-order valence-corrected chi connectivity index (χ1v) is 9.84. The summed E-state index contributed by atoms with van der Waals surface area (Å²) in [6, 6.07) is 5.57. The maximum absolute atomic E-state index is 12.5. The molecule has 130 valence electrons. The van der Waals surface area contributed by atoms with Gasteiger partial charge < -0.3 is 9.52 Å². The van der Waals surface area contributed by atoms with Gasteiger partial charge in [-0.25, -0.2) is 4.79 Å². The lowest BCUT2D eigenvalue weighted by atomic mass is 9.94. The van der Waals surface area contributed by atoms with Gasteiger partial charge in [0.1, 0.15) is 17.1 Å². The smallest absolute Gasteiger partial charge is 0.347 e. The molecule has 0 saturated carbocycles. The number of H-pyrrole nitrogens is 1. The van der Waals surface area contributed by atoms with Crippen molar-refractivity contribution >= 4 is 23.1 Å². The Balaban J connectivity index is 1.87. The van der Waals surface area contributed by atoms with E-state index >= 15 is 0 Å². The van der Waals surface area contributed by atoms with Crippen LogP contribution in [0.25, 0.3) is 11.1 Å². The van der Waals surface area contributed by atoms with E-state index in [-0.39, 0.29) is 11.3 Å². The number of aromatic hydroxyl groups is 1. The molecular formula is C19H20NO3S2+. The Kier molecular flexibility index (Phi) is 5.30. The second-order valence-electron chi connectivity index (χ2n) is 5.98. The highest BCUT2D eigenvalue weighted by atomic mass is 32.2. The van der Waals surface area contributed by atoms with Crippen molar-refractivity contribution in [2.24, 2.45) is 0 Å². The molecule has 0 amide bonds. The Hall–Kier alpha value is -2.05. The van der Waals surface area contributed by atoms with E-state index in [1.807, 2.05) is 44.5 Å². The molecule has 1 aromatic carbocycles. The van der Waals surface area contributed by atoms with Crippen molar-refractivity contribution in [3.63, 3.8) is 0 Å². The first kappa shape index (κ1) is 17.8. The summed E-state index contributed by atoms with van der Waals surface area (Å²) in [5, 5.41) is 12.4. The largest absolute Gasteiger partial charge is 0.507 e. The summed E-state index contributed by atoms with van der Waals surface area (Å²) < 4.78 is 6.57. The number of aryl methyl sites for hydroxylation is 4. The van der Waals surface area contributed by atoms with Crippen LogP contribution in [0.2, 0.25) is 0 Å². The summed E-state index contributed by atoms with van der Waals surface area (Å²) in [6.45, 7) is 5.89. The van der Waals surface area contributed by atoms with Gasteiger partial charge >= 0.3 is 5.63 Å². The van der Waals surface area contributed by atoms with Gasteiger partial charge in [0.2, 0.25) is 0 Å². The molecule has 0 aliphatic rings. The first-order chi connectivity index (χ1) is 12.0. The van der Waals surface area contributed by atoms with Crippen molar-refractivity contribution in [2.75, 3.05) is 5.75 Å². The van der Waals surface area contributed by atoms with Gasteiger partial charge in [0.05, 0.1) is 5.38 Å². The van der Waals surface area contributed by atoms with Crippen molar-refractivity contribution in [3.8, 4) is 16.9 Å². The standard InChI is InChI=1S/C19H19NO3S2/c1-11-8-12(2)16(13(3)9-11)17-15(21)10-14(23-18(17)22)4-6-24-19-20-5-7-25-19/h5,7-10,21H,4,6H2,1-3H3/p+1. The highest BCUT2D eigenvalue weighted by molar-refractivity contribution is 8.00. The highest BCUT2D eigenvalue weighted by Crippen LogP contribution is 2.33. The van der Waals surface area contributed by atoms with E-state index in [4.69, 9.17) is 4.42 Å². The van der Waals surface area contributed by atoms with Gasteiger partial charge in [0, 0.05) is 18.2 Å². The average molecular weight is 375 g/mol. The molecule has 6 heteroatoms. The number of nitrogens with one attached hydrogen (secondary N) is 1. The van der Waals surface area contributed by atoms with Gasteiger partial charge in [-0.3, -0.25) is 0 Å². The van der Waals surface area contributed by atoms with E-state index in [2.05, 4.69) is 4.98 Å². The van der Waals surface area contributed by atoms with Crippen LogP contribution >= 0.6 is 23.1 Å². The van der Waals surface area contributed by atoms with Crippen molar-refractivity contribution in [1.82, 2.24) is 0 Å². The van der Waals surface area contributed by atoms with E-state index in [1.54, 1.807) is 29.2 Å². The summed E-state index contributed by atoms with van der Waals surface area (Å²) >= 11 is 3.29. The zero-order chi connectivity index (χ0) is 18.0. The number of hydrogen-bond acceptors (Lipinski definition) is 5. The zero-order valence-electron chi connectivity index (χ0n) is 14.4. The van der Waals surface area contributed by atoms with Crippen LogP contribution in [-0.4, -0.2) is 10.9 Å². The van der Waals surface area contributed by atoms with Crippen LogP contribution in [0.15, 0.2) is 43.3 Å². The molecule has 2 N–H and O–H groups in total. The van der Waals surface area contributed by atoms with Crippen molar-refractivity contribution < 1.29 is 14.5 Å². The Bertz CT molecular complexity index is 923. The Morgan fingerprint density at radius 3 is 2.48 bits per heavy atom. The van der Waals surface area contributed by atoms with Crippen LogP contribution in [0.5, 0.6) is 5.75 Å². The van der Waals surface area contributed by atoms with E-state index in [0.29, 0.717) is 12.2 Å². The van der Waals surface area contributed by atoms with Crippen LogP contribution in [0, 0.1) is 20.8 Å². The molecule has 0 saturated heterocycles. The lowest BCUT2D eigenvalue weighted by Crippen LogP contribution is -2.08. The number of aromatic amines is 1. The SMILES string of the molecule is Cc1cc(C)c(-c2c(O)cc(CCSc3[nH+]ccs3)oc2=O)c(C)c1. The highest BCUT2D eigenvalue weighted by Gasteiger charge is 2.18. The van der Waals surface area contributed by atoms with Crippen LogP contribution in [-0.2, 0) is 6.42 Å². The molecule has 0 fully saturated rings. The predicted molar refractivity (Wildman–Crippen MR) is 102 cm³/mol. The fourth-order valence-electron chi connectivity index (χ4n) is 3.01. The normalized spacial score (nSPS) is 11.0. The number of hydrogen-bond donors (Lipinski definition) is 1. The molecule has 0 radical (unpaired) electrons. The van der Waals surface area contributed by atoms with Crippen LogP contribution < -0.4 is 10.6 Å². The Morgan fingerprint density at radius 2 is 1.88 bits per heavy atom. The minimum absolute atomic E-state index is 0.0195. The monoisotopic (exact) mass is 374 g/mol. The minimum atomic E-state index is -0.488. The number of thiazole rings is 1. The number of aromatic nitrogens is 1. The first-order valence-electron chi connectivity index (χ1n) is 7.98. The van der Waals surface area contributed by atoms with Gasteiger partial charge in [0.25, 0.3) is 4.34 Å². The molecule has 3 rings (SSSR count). The van der Waals surface area contributed by atoms with Crippen LogP contribution in [0.4, 0.5) is 0 Å². The molecule has 0 aliphatic heterocycles. The van der Waals surface area contributed by atoms with Gasteiger partial charge in [-0.1, -0.05) is 29.0 Å². The van der Waals surface area contributed by atoms with E-state index < -0.39 is 5.63 Å². The number of thioether (sulfide) groups is 1. The van der Waals surface area contributed by atoms with Gasteiger partial charge in [-0.05, 0) is 49.2 Å². The summed E-state index contributed by atoms with van der Waals surface area (Å²) in [5.74, 6) is 1.24. The van der Waals surface area contributed by atoms with Crippen molar-refractivity contribution in [2.45, 2.75) is 31.5 Å². The van der Waals surface area contributed by atoms with Crippen molar-refractivity contribution in [1.29, 1.82) is 0 Å². The summed E-state index contributed by atoms with van der Waals surface area (Å²) in [7, 11) is 0. The molecule has 25 heavy (non-hydrogen) atoms. The second kappa shape index (κ2) is 7.45. The fraction of sp³-hybridized carbons (Fsp3) is 0.263. The molecule has 0 spiro atoms. The van der Waals surface area contributed by atoms with Crippen LogP contribution in [0.3, 0.4) is 0 Å². The molecule has 0 unspecified atom stereocenters. The third-order valence-corrected chi connectivity index (χ3v) is 5.97. The van der Waals surface area contributed by atoms with Gasteiger partial charge in [-0.2, -0.15) is 4.98 Å². The maximum atomic E-state index is 12.5. The minimum Gasteiger partial charge on any atom is -0.507 e. The summed E-state index contributed by atoms with van der Waals surface area (Å²) in [6.07, 6.45) is 2.46. The second-order valence-corrected chi connectivity index (χ2v) is 8.26. The lowest BCUT2D eigenvalue weighted by Gasteiger charge is -2.12. The maximum Gasteiger partial charge on any atom is 0.347 e. The Labute approximate surface area is 154 Å². The molecular weight excluding hydrogens is 354 g/mol. The van der Waals surface area contributed by atoms with Gasteiger partial charge in [-0.15, -0.1) is 0 Å². The topological polar surface area (TPSA) is 64.6 Å². The number of rotatable bonds is 5. The van der Waals surface area contributed by atoms with Gasteiger partial charge in [0.15, 0.2) is 6.20 Å². The average Bonchev–Trinajstić information content (AvgIpc) is 3.02. The fourth-order valence-corrected chi connectivity index (χ4v) is 4.73. The third kappa shape index (κ3) is 3.96. The van der Waals surface area contributed by atoms with E-state index in [9.17, 15) is 9.90 Å². The molecule has 0 bridgehead atoms. The molecule has 0 atom stereocenters. The van der Waals surface area contributed by atoms with Crippen molar-refractivity contribution in [3.05, 3.63) is 62.6 Å². The third-order valence-electron chi connectivity index (χ3n) is 3.93. The van der Waals surface area contributed by atoms with Crippen LogP contribution in [0.1, 0.15) is 22.5 Å². The Morgan fingerprint density at radius 1 is 1.16 bits per heavy atom. The lowest BCUT2D eigenvalue weighted by molar-refractivity contribution is -0.416. The summed E-state index contributed by atoms with van der Waals surface area (Å²) in [5.41, 5.74) is 3.55. The van der Waals surface area contributed by atoms with E-state index in [0.717, 1.165) is 32.3 Å². The number of benzene rings is 1. The molecule has 4 nitrogen and oxygen atoms in total. The zero-order valence-corrected chi connectivity index (χ0v) is 16.0. The molecule has 3 aromatic rings. The quantitative estimate of drug-likeness (QED) is 0.682. The molecule has 0 aliphatic carbocycles.